The number of terminal acetylenes is 2. The lowest BCUT2D eigenvalue weighted by Crippen LogP contribution is -1.81. The van der Waals surface area contributed by atoms with Crippen LogP contribution in [0.5, 0.6) is 0 Å². The van der Waals surface area contributed by atoms with E-state index in [1.807, 2.05) is 13.8 Å². The molecule has 0 nitrogen and oxygen atoms in total. The highest BCUT2D eigenvalue weighted by molar-refractivity contribution is 5.18. The van der Waals surface area contributed by atoms with Crippen molar-refractivity contribution < 1.29 is 0 Å². The zero-order valence-corrected chi connectivity index (χ0v) is 6.57. The van der Waals surface area contributed by atoms with Gasteiger partial charge >= 0.3 is 0 Å². The first-order valence-corrected chi connectivity index (χ1v) is 3.24. The van der Waals surface area contributed by atoms with Crippen LogP contribution < -0.4 is 0 Å². The van der Waals surface area contributed by atoms with Gasteiger partial charge in [0.05, 0.1) is 0 Å². The lowest BCUT2D eigenvalue weighted by Gasteiger charge is -1.98. The van der Waals surface area contributed by atoms with Crippen molar-refractivity contribution in [2.75, 3.05) is 0 Å². The van der Waals surface area contributed by atoms with Crippen molar-refractivity contribution in [1.29, 1.82) is 0 Å². The van der Waals surface area contributed by atoms with E-state index < -0.39 is 0 Å². The zero-order chi connectivity index (χ0) is 7.98. The fourth-order valence-electron chi connectivity index (χ4n) is 0.608. The molecule has 0 aromatic heterocycles. The molecule has 0 heteroatoms. The minimum Gasteiger partial charge on any atom is -0.120 e. The number of hydrogen-bond donors (Lipinski definition) is 0. The van der Waals surface area contributed by atoms with Gasteiger partial charge in [-0.25, -0.2) is 0 Å². The third-order valence-electron chi connectivity index (χ3n) is 1.46. The van der Waals surface area contributed by atoms with Crippen molar-refractivity contribution in [2.45, 2.75) is 26.7 Å². The molecule has 0 saturated carbocycles. The molecule has 10 heavy (non-hydrogen) atoms. The van der Waals surface area contributed by atoms with Crippen LogP contribution >= 0.6 is 0 Å². The molecular formula is C10H12. The van der Waals surface area contributed by atoms with Gasteiger partial charge in [0.25, 0.3) is 0 Å². The van der Waals surface area contributed by atoms with Gasteiger partial charge in [-0.15, -0.1) is 24.7 Å². The van der Waals surface area contributed by atoms with Crippen molar-refractivity contribution in [2.24, 2.45) is 0 Å². The highest BCUT2D eigenvalue weighted by Crippen LogP contribution is 2.09. The lowest BCUT2D eigenvalue weighted by atomic mass is 10.1. The highest BCUT2D eigenvalue weighted by Gasteiger charge is 1.91. The molecule has 0 aliphatic heterocycles. The Labute approximate surface area is 63.3 Å². The molecule has 0 fully saturated rings. The predicted molar refractivity (Wildman–Crippen MR) is 45.3 cm³/mol. The maximum absolute atomic E-state index is 5.13. The Hall–Kier alpha value is -1.14. The van der Waals surface area contributed by atoms with E-state index in [1.165, 1.54) is 11.1 Å². The van der Waals surface area contributed by atoms with Gasteiger partial charge in [0.2, 0.25) is 0 Å². The first-order valence-electron chi connectivity index (χ1n) is 3.24. The van der Waals surface area contributed by atoms with Gasteiger partial charge in [0.15, 0.2) is 0 Å². The molecule has 0 spiro atoms. The SMILES string of the molecule is C#CC/C(C)=C(/C)CC#C. The Kier molecular flexibility index (Phi) is 4.17. The molecule has 0 heterocycles. The van der Waals surface area contributed by atoms with E-state index in [2.05, 4.69) is 11.8 Å². The third-order valence-corrected chi connectivity index (χ3v) is 1.46. The summed E-state index contributed by atoms with van der Waals surface area (Å²) in [6.07, 6.45) is 11.7. The summed E-state index contributed by atoms with van der Waals surface area (Å²) in [5.41, 5.74) is 2.45. The molecule has 0 saturated heterocycles. The molecule has 0 radical (unpaired) electrons. The molecule has 0 N–H and O–H groups in total. The van der Waals surface area contributed by atoms with Crippen LogP contribution in [0.1, 0.15) is 26.7 Å². The van der Waals surface area contributed by atoms with Crippen molar-refractivity contribution in [3.8, 4) is 24.7 Å². The summed E-state index contributed by atoms with van der Waals surface area (Å²) < 4.78 is 0. The first kappa shape index (κ1) is 8.86. The zero-order valence-electron chi connectivity index (χ0n) is 6.57. The van der Waals surface area contributed by atoms with Gasteiger partial charge in [-0.2, -0.15) is 0 Å². The Morgan fingerprint density at radius 1 is 1.00 bits per heavy atom. The van der Waals surface area contributed by atoms with Crippen LogP contribution in [-0.2, 0) is 0 Å². The summed E-state index contributed by atoms with van der Waals surface area (Å²) in [5, 5.41) is 0. The van der Waals surface area contributed by atoms with Crippen molar-refractivity contribution in [3.63, 3.8) is 0 Å². The summed E-state index contributed by atoms with van der Waals surface area (Å²) in [6.45, 7) is 4.04. The van der Waals surface area contributed by atoms with Crippen LogP contribution in [0, 0.1) is 24.7 Å². The summed E-state index contributed by atoms with van der Waals surface area (Å²) in [6, 6.07) is 0. The van der Waals surface area contributed by atoms with Gasteiger partial charge in [-0.1, -0.05) is 11.1 Å². The van der Waals surface area contributed by atoms with Gasteiger partial charge in [0, 0.05) is 12.8 Å². The van der Waals surface area contributed by atoms with E-state index in [9.17, 15) is 0 Å². The average Bonchev–Trinajstić information content (AvgIpc) is 1.89. The Morgan fingerprint density at radius 2 is 1.30 bits per heavy atom. The lowest BCUT2D eigenvalue weighted by molar-refractivity contribution is 1.11. The van der Waals surface area contributed by atoms with E-state index in [0.717, 1.165) is 0 Å². The molecule has 0 amide bonds. The quantitative estimate of drug-likeness (QED) is 0.399. The maximum Gasteiger partial charge on any atom is 0.0296 e. The molecule has 52 valence electrons. The molecule has 0 aliphatic carbocycles. The molecule has 0 aliphatic rings. The van der Waals surface area contributed by atoms with Crippen LogP contribution in [0.15, 0.2) is 11.1 Å². The van der Waals surface area contributed by atoms with Crippen LogP contribution in [0.2, 0.25) is 0 Å². The summed E-state index contributed by atoms with van der Waals surface area (Å²) in [5.74, 6) is 5.16. The topological polar surface area (TPSA) is 0 Å². The normalized spacial score (nSPS) is 11.2. The number of allylic oxidation sites excluding steroid dienone is 2. The monoisotopic (exact) mass is 132 g/mol. The fraction of sp³-hybridized carbons (Fsp3) is 0.400. The molecule has 0 unspecified atom stereocenters. The van der Waals surface area contributed by atoms with Gasteiger partial charge in [-0.05, 0) is 13.8 Å². The molecule has 0 aromatic rings. The highest BCUT2D eigenvalue weighted by atomic mass is 14.0. The molecular weight excluding hydrogens is 120 g/mol. The standard InChI is InChI=1S/C10H12/c1-5-7-9(3)10(4)8-6-2/h1-2H,7-8H2,3-4H3/b10-9-. The molecule has 0 atom stereocenters. The van der Waals surface area contributed by atoms with Crippen LogP contribution in [0.25, 0.3) is 0 Å². The number of rotatable bonds is 2. The Bertz CT molecular complexity index is 181. The van der Waals surface area contributed by atoms with Crippen LogP contribution in [-0.4, -0.2) is 0 Å². The van der Waals surface area contributed by atoms with Crippen molar-refractivity contribution in [3.05, 3.63) is 11.1 Å². The van der Waals surface area contributed by atoms with E-state index in [0.29, 0.717) is 12.8 Å². The van der Waals surface area contributed by atoms with E-state index in [4.69, 9.17) is 12.8 Å². The smallest absolute Gasteiger partial charge is 0.0296 e. The average molecular weight is 132 g/mol. The van der Waals surface area contributed by atoms with E-state index in [1.54, 1.807) is 0 Å². The van der Waals surface area contributed by atoms with Crippen LogP contribution in [0.4, 0.5) is 0 Å². The minimum atomic E-state index is 0.716. The summed E-state index contributed by atoms with van der Waals surface area (Å²) in [4.78, 5) is 0. The van der Waals surface area contributed by atoms with Gasteiger partial charge in [0.1, 0.15) is 0 Å². The summed E-state index contributed by atoms with van der Waals surface area (Å²) >= 11 is 0. The second kappa shape index (κ2) is 4.71. The Morgan fingerprint density at radius 3 is 1.50 bits per heavy atom. The fourth-order valence-corrected chi connectivity index (χ4v) is 0.608. The predicted octanol–water partition coefficient (Wildman–Crippen LogP) is 2.37. The molecule has 0 rings (SSSR count). The molecule has 0 bridgehead atoms. The summed E-state index contributed by atoms with van der Waals surface area (Å²) in [7, 11) is 0. The maximum atomic E-state index is 5.13. The first-order chi connectivity index (χ1) is 4.72. The van der Waals surface area contributed by atoms with Crippen molar-refractivity contribution >= 4 is 0 Å². The van der Waals surface area contributed by atoms with Gasteiger partial charge in [-0.3, -0.25) is 0 Å². The van der Waals surface area contributed by atoms with Crippen molar-refractivity contribution in [1.82, 2.24) is 0 Å². The Balaban J connectivity index is 4.11. The third kappa shape index (κ3) is 3.00. The largest absolute Gasteiger partial charge is 0.120 e. The second-order valence-corrected chi connectivity index (χ2v) is 2.32. The molecule has 0 aromatic carbocycles. The van der Waals surface area contributed by atoms with Crippen LogP contribution in [0.3, 0.4) is 0 Å². The van der Waals surface area contributed by atoms with Gasteiger partial charge < -0.3 is 0 Å². The van der Waals surface area contributed by atoms with E-state index in [-0.39, 0.29) is 0 Å². The second-order valence-electron chi connectivity index (χ2n) is 2.32. The number of hydrogen-bond acceptors (Lipinski definition) is 0. The minimum absolute atomic E-state index is 0.716. The van der Waals surface area contributed by atoms with E-state index >= 15 is 0 Å².